The molecule has 0 radical (unpaired) electrons. The van der Waals surface area contributed by atoms with Crippen molar-refractivity contribution in [2.24, 2.45) is 0 Å². The molecule has 0 N–H and O–H groups in total. The van der Waals surface area contributed by atoms with Gasteiger partial charge in [0.05, 0.1) is 0 Å². The first-order valence-electron chi connectivity index (χ1n) is 7.76. The van der Waals surface area contributed by atoms with E-state index in [1.165, 1.54) is 38.5 Å². The van der Waals surface area contributed by atoms with Gasteiger partial charge in [-0.15, -0.1) is 0 Å². The van der Waals surface area contributed by atoms with Crippen molar-refractivity contribution in [2.75, 3.05) is 0 Å². The van der Waals surface area contributed by atoms with Gasteiger partial charge in [0.25, 0.3) is 0 Å². The minimum atomic E-state index is 0.412. The Morgan fingerprint density at radius 2 is 1.28 bits per heavy atom. The van der Waals surface area contributed by atoms with E-state index in [4.69, 9.17) is 0 Å². The van der Waals surface area contributed by atoms with Crippen molar-refractivity contribution in [3.05, 3.63) is 0 Å². The molecule has 0 bridgehead atoms. The van der Waals surface area contributed by atoms with Crippen LogP contribution in [0.1, 0.15) is 90.4 Å². The van der Waals surface area contributed by atoms with E-state index in [-0.39, 0.29) is 0 Å². The van der Waals surface area contributed by atoms with Gasteiger partial charge in [0.2, 0.25) is 0 Å². The van der Waals surface area contributed by atoms with Gasteiger partial charge in [0, 0.05) is 19.3 Å². The first-order chi connectivity index (χ1) is 8.81. The summed E-state index contributed by atoms with van der Waals surface area (Å²) >= 11 is 0. The van der Waals surface area contributed by atoms with Crippen LogP contribution in [0.4, 0.5) is 0 Å². The number of unbranched alkanes of at least 4 members (excludes halogenated alkanes) is 9. The van der Waals surface area contributed by atoms with E-state index in [0.717, 1.165) is 38.4 Å². The molecule has 0 aromatic rings. The molecule has 0 atom stereocenters. The minimum absolute atomic E-state index is 0.412. The molecule has 18 heavy (non-hydrogen) atoms. The Balaban J connectivity index is 3.14. The van der Waals surface area contributed by atoms with Crippen molar-refractivity contribution in [3.63, 3.8) is 0 Å². The lowest BCUT2D eigenvalue weighted by molar-refractivity contribution is -0.119. The van der Waals surface area contributed by atoms with Crippen molar-refractivity contribution in [1.29, 1.82) is 0 Å². The molecule has 0 saturated heterocycles. The van der Waals surface area contributed by atoms with Crippen molar-refractivity contribution in [2.45, 2.75) is 90.4 Å². The number of Topliss-reactive ketones (excluding diaryl/α,β-unsaturated/α-hetero) is 1. The minimum Gasteiger partial charge on any atom is -0.303 e. The SMILES string of the molecule is CCCCCCCCCC(=O)CCCCCC=O. The third-order valence-electron chi connectivity index (χ3n) is 3.34. The van der Waals surface area contributed by atoms with E-state index >= 15 is 0 Å². The highest BCUT2D eigenvalue weighted by atomic mass is 16.1. The molecule has 2 nitrogen and oxygen atoms in total. The fourth-order valence-corrected chi connectivity index (χ4v) is 2.13. The lowest BCUT2D eigenvalue weighted by atomic mass is 10.0. The van der Waals surface area contributed by atoms with Crippen LogP contribution in [0.5, 0.6) is 0 Å². The Hall–Kier alpha value is -0.660. The third-order valence-corrected chi connectivity index (χ3v) is 3.34. The molecular formula is C16H30O2. The third kappa shape index (κ3) is 13.4. The van der Waals surface area contributed by atoms with Crippen molar-refractivity contribution in [1.82, 2.24) is 0 Å². The number of aldehydes is 1. The number of ketones is 1. The van der Waals surface area contributed by atoms with Crippen molar-refractivity contribution < 1.29 is 9.59 Å². The van der Waals surface area contributed by atoms with Crippen LogP contribution >= 0.6 is 0 Å². The molecule has 0 unspecified atom stereocenters. The highest BCUT2D eigenvalue weighted by Gasteiger charge is 2.01. The maximum atomic E-state index is 11.5. The summed E-state index contributed by atoms with van der Waals surface area (Å²) in [6, 6.07) is 0. The van der Waals surface area contributed by atoms with Crippen LogP contribution in [0.3, 0.4) is 0 Å². The molecule has 0 heterocycles. The molecule has 0 aromatic carbocycles. The topological polar surface area (TPSA) is 34.1 Å². The second kappa shape index (κ2) is 14.4. The molecular weight excluding hydrogens is 224 g/mol. The van der Waals surface area contributed by atoms with Gasteiger partial charge in [-0.05, 0) is 19.3 Å². The van der Waals surface area contributed by atoms with Gasteiger partial charge >= 0.3 is 0 Å². The van der Waals surface area contributed by atoms with Crippen LogP contribution in [0, 0.1) is 0 Å². The van der Waals surface area contributed by atoms with Crippen LogP contribution in [-0.4, -0.2) is 12.1 Å². The summed E-state index contributed by atoms with van der Waals surface area (Å²) < 4.78 is 0. The second-order valence-electron chi connectivity index (χ2n) is 5.18. The first kappa shape index (κ1) is 17.3. The summed E-state index contributed by atoms with van der Waals surface area (Å²) in [6.07, 6.45) is 14.9. The zero-order chi connectivity index (χ0) is 13.5. The molecule has 0 aliphatic carbocycles. The van der Waals surface area contributed by atoms with E-state index in [9.17, 15) is 9.59 Å². The summed E-state index contributed by atoms with van der Waals surface area (Å²) in [6.45, 7) is 2.23. The molecule has 2 heteroatoms. The predicted molar refractivity (Wildman–Crippen MR) is 76.8 cm³/mol. The number of hydrogen-bond donors (Lipinski definition) is 0. The molecule has 0 aliphatic rings. The Labute approximate surface area is 113 Å². The van der Waals surface area contributed by atoms with E-state index < -0.39 is 0 Å². The quantitative estimate of drug-likeness (QED) is 0.328. The van der Waals surface area contributed by atoms with Gasteiger partial charge in [0.1, 0.15) is 12.1 Å². The largest absolute Gasteiger partial charge is 0.303 e. The normalized spacial score (nSPS) is 10.5. The van der Waals surface area contributed by atoms with Crippen molar-refractivity contribution >= 4 is 12.1 Å². The molecule has 0 amide bonds. The van der Waals surface area contributed by atoms with Crippen LogP contribution in [-0.2, 0) is 9.59 Å². The number of carbonyl (C=O) groups is 2. The van der Waals surface area contributed by atoms with E-state index in [0.29, 0.717) is 18.6 Å². The van der Waals surface area contributed by atoms with Crippen molar-refractivity contribution in [3.8, 4) is 0 Å². The Morgan fingerprint density at radius 1 is 0.778 bits per heavy atom. The molecule has 0 fully saturated rings. The maximum Gasteiger partial charge on any atom is 0.132 e. The summed E-state index contributed by atoms with van der Waals surface area (Å²) in [7, 11) is 0. The highest BCUT2D eigenvalue weighted by molar-refractivity contribution is 5.78. The Morgan fingerprint density at radius 3 is 1.83 bits per heavy atom. The van der Waals surface area contributed by atoms with E-state index in [1.54, 1.807) is 0 Å². The van der Waals surface area contributed by atoms with Crippen LogP contribution in [0.25, 0.3) is 0 Å². The smallest absolute Gasteiger partial charge is 0.132 e. The molecule has 0 saturated carbocycles. The second-order valence-corrected chi connectivity index (χ2v) is 5.18. The van der Waals surface area contributed by atoms with Crippen LogP contribution < -0.4 is 0 Å². The monoisotopic (exact) mass is 254 g/mol. The summed E-state index contributed by atoms with van der Waals surface area (Å²) in [5, 5.41) is 0. The Kier molecular flexibility index (Phi) is 13.9. The lowest BCUT2D eigenvalue weighted by Crippen LogP contribution is -1.97. The summed E-state index contributed by atoms with van der Waals surface area (Å²) in [5.41, 5.74) is 0. The van der Waals surface area contributed by atoms with Gasteiger partial charge in [0.15, 0.2) is 0 Å². The summed E-state index contributed by atoms with van der Waals surface area (Å²) in [4.78, 5) is 21.6. The number of hydrogen-bond acceptors (Lipinski definition) is 2. The van der Waals surface area contributed by atoms with E-state index in [2.05, 4.69) is 6.92 Å². The van der Waals surface area contributed by atoms with Crippen LogP contribution in [0.15, 0.2) is 0 Å². The molecule has 0 aliphatic heterocycles. The molecule has 106 valence electrons. The van der Waals surface area contributed by atoms with Gasteiger partial charge in [-0.2, -0.15) is 0 Å². The maximum absolute atomic E-state index is 11.5. The average Bonchev–Trinajstić information content (AvgIpc) is 2.37. The summed E-state index contributed by atoms with van der Waals surface area (Å²) in [5.74, 6) is 0.412. The lowest BCUT2D eigenvalue weighted by Gasteiger charge is -2.02. The standard InChI is InChI=1S/C16H30O2/c1-2-3-4-5-6-7-10-13-16(18)14-11-8-9-12-15-17/h15H,2-14H2,1H3. The van der Waals surface area contributed by atoms with E-state index in [1.807, 2.05) is 0 Å². The van der Waals surface area contributed by atoms with Gasteiger partial charge in [-0.3, -0.25) is 4.79 Å². The fourth-order valence-electron chi connectivity index (χ4n) is 2.13. The van der Waals surface area contributed by atoms with Gasteiger partial charge in [-0.1, -0.05) is 51.9 Å². The molecule has 0 spiro atoms. The first-order valence-corrected chi connectivity index (χ1v) is 7.76. The zero-order valence-corrected chi connectivity index (χ0v) is 12.1. The van der Waals surface area contributed by atoms with Gasteiger partial charge < -0.3 is 4.79 Å². The Bertz CT molecular complexity index is 199. The zero-order valence-electron chi connectivity index (χ0n) is 12.1. The number of carbonyl (C=O) groups excluding carboxylic acids is 2. The molecule has 0 rings (SSSR count). The van der Waals surface area contributed by atoms with Crippen LogP contribution in [0.2, 0.25) is 0 Å². The van der Waals surface area contributed by atoms with Gasteiger partial charge in [-0.25, -0.2) is 0 Å². The molecule has 0 aromatic heterocycles. The highest BCUT2D eigenvalue weighted by Crippen LogP contribution is 2.10. The predicted octanol–water partition coefficient (Wildman–Crippen LogP) is 4.85. The fraction of sp³-hybridized carbons (Fsp3) is 0.875. The average molecular weight is 254 g/mol. The number of rotatable bonds is 14.